The Morgan fingerprint density at radius 3 is 2.71 bits per heavy atom. The number of nitrogens with two attached hydrogens (primary N) is 1. The lowest BCUT2D eigenvalue weighted by Gasteiger charge is -2.34. The molecule has 1 unspecified atom stereocenters. The van der Waals surface area contributed by atoms with Crippen LogP contribution in [0, 0.1) is 12.3 Å². The average Bonchev–Trinajstić information content (AvgIpc) is 2.65. The molecule has 1 aliphatic rings. The van der Waals surface area contributed by atoms with Gasteiger partial charge in [-0.05, 0) is 55.0 Å². The molecule has 0 aliphatic heterocycles. The normalized spacial score (nSPS) is 20.4. The monoisotopic (exact) mass is 366 g/mol. The van der Waals surface area contributed by atoms with Crippen LogP contribution in [0.5, 0.6) is 0 Å². The van der Waals surface area contributed by atoms with Gasteiger partial charge in [0, 0.05) is 21.9 Å². The van der Waals surface area contributed by atoms with E-state index >= 15 is 0 Å². The molecule has 0 saturated heterocycles. The molecule has 4 heteroatoms. The van der Waals surface area contributed by atoms with E-state index in [2.05, 4.69) is 53.4 Å². The molecule has 1 aliphatic carbocycles. The van der Waals surface area contributed by atoms with E-state index < -0.39 is 0 Å². The van der Waals surface area contributed by atoms with Gasteiger partial charge in [-0.3, -0.25) is 0 Å². The zero-order chi connectivity index (χ0) is 15.4. The van der Waals surface area contributed by atoms with Crippen LogP contribution in [0.15, 0.2) is 28.7 Å². The van der Waals surface area contributed by atoms with Gasteiger partial charge in [-0.25, -0.2) is 0 Å². The summed E-state index contributed by atoms with van der Waals surface area (Å²) in [5.74, 6) is 0. The number of nitrogens with zero attached hydrogens (tertiary/aromatic N) is 1. The summed E-state index contributed by atoms with van der Waals surface area (Å²) >= 11 is 9.93. The maximum atomic E-state index is 6.46. The minimum Gasteiger partial charge on any atom is -0.324 e. The molecule has 112 valence electrons. The van der Waals surface area contributed by atoms with Gasteiger partial charge in [0.05, 0.1) is 10.7 Å². The van der Waals surface area contributed by atoms with Crippen LogP contribution >= 0.6 is 27.5 Å². The Morgan fingerprint density at radius 1 is 1.33 bits per heavy atom. The minimum absolute atomic E-state index is 0.109. The predicted molar refractivity (Wildman–Crippen MR) is 92.2 cm³/mol. The van der Waals surface area contributed by atoms with Crippen LogP contribution in [0.2, 0.25) is 5.02 Å². The molecule has 1 aromatic carbocycles. The van der Waals surface area contributed by atoms with Crippen LogP contribution in [0.1, 0.15) is 43.3 Å². The fourth-order valence-electron chi connectivity index (χ4n) is 3.45. The van der Waals surface area contributed by atoms with Crippen LogP contribution in [-0.2, 0) is 6.42 Å². The van der Waals surface area contributed by atoms with Crippen molar-refractivity contribution in [3.63, 3.8) is 0 Å². The number of aromatic nitrogens is 1. The molecule has 0 bridgehead atoms. The summed E-state index contributed by atoms with van der Waals surface area (Å²) in [4.78, 5) is 0. The van der Waals surface area contributed by atoms with E-state index in [1.807, 2.05) is 12.1 Å². The number of rotatable bonds is 1. The second-order valence-electron chi connectivity index (χ2n) is 6.77. The quantitative estimate of drug-likeness (QED) is 0.740. The molecule has 2 aromatic rings. The van der Waals surface area contributed by atoms with Crippen molar-refractivity contribution in [3.8, 4) is 5.69 Å². The highest BCUT2D eigenvalue weighted by Crippen LogP contribution is 2.42. The van der Waals surface area contributed by atoms with Crippen LogP contribution in [0.25, 0.3) is 5.69 Å². The van der Waals surface area contributed by atoms with Gasteiger partial charge in [0.1, 0.15) is 0 Å². The van der Waals surface area contributed by atoms with Crippen molar-refractivity contribution in [1.82, 2.24) is 4.57 Å². The Morgan fingerprint density at radius 2 is 2.05 bits per heavy atom. The summed E-state index contributed by atoms with van der Waals surface area (Å²) in [6, 6.07) is 8.36. The molecule has 2 nitrogen and oxygen atoms in total. The lowest BCUT2D eigenvalue weighted by atomic mass is 9.74. The Balaban J connectivity index is 2.21. The summed E-state index contributed by atoms with van der Waals surface area (Å²) in [7, 11) is 0. The SMILES string of the molecule is Cc1cc2c(n1-c1ccc(Br)cc1Cl)CC(C)(C)CC2N. The van der Waals surface area contributed by atoms with Crippen LogP contribution in [0.3, 0.4) is 0 Å². The molecule has 1 atom stereocenters. The highest BCUT2D eigenvalue weighted by atomic mass is 79.9. The van der Waals surface area contributed by atoms with E-state index in [4.69, 9.17) is 17.3 Å². The molecule has 3 rings (SSSR count). The third-order valence-corrected chi connectivity index (χ3v) is 5.08. The second kappa shape index (κ2) is 5.15. The van der Waals surface area contributed by atoms with Gasteiger partial charge in [0.2, 0.25) is 0 Å². The Bertz CT molecular complexity index is 703. The van der Waals surface area contributed by atoms with Gasteiger partial charge in [0.25, 0.3) is 0 Å². The number of fused-ring (bicyclic) bond motifs is 1. The zero-order valence-corrected chi connectivity index (χ0v) is 14.9. The van der Waals surface area contributed by atoms with E-state index in [9.17, 15) is 0 Å². The molecule has 0 amide bonds. The van der Waals surface area contributed by atoms with E-state index in [1.165, 1.54) is 17.0 Å². The summed E-state index contributed by atoms with van der Waals surface area (Å²) in [5, 5.41) is 0.753. The van der Waals surface area contributed by atoms with Gasteiger partial charge in [-0.2, -0.15) is 0 Å². The first-order valence-corrected chi connectivity index (χ1v) is 8.38. The maximum absolute atomic E-state index is 6.46. The third kappa shape index (κ3) is 2.67. The summed E-state index contributed by atoms with van der Waals surface area (Å²) in [6.45, 7) is 6.69. The fourth-order valence-corrected chi connectivity index (χ4v) is 4.20. The van der Waals surface area contributed by atoms with Gasteiger partial charge >= 0.3 is 0 Å². The largest absolute Gasteiger partial charge is 0.324 e. The smallest absolute Gasteiger partial charge is 0.0657 e. The number of benzene rings is 1. The maximum Gasteiger partial charge on any atom is 0.0657 e. The third-order valence-electron chi connectivity index (χ3n) is 4.29. The van der Waals surface area contributed by atoms with E-state index in [1.54, 1.807) is 0 Å². The van der Waals surface area contributed by atoms with Crippen molar-refractivity contribution in [2.45, 2.75) is 39.7 Å². The molecule has 0 saturated carbocycles. The predicted octanol–water partition coefficient (Wildman–Crippen LogP) is 5.17. The Hall–Kier alpha value is -0.770. The van der Waals surface area contributed by atoms with E-state index in [-0.39, 0.29) is 11.5 Å². The number of hydrogen-bond acceptors (Lipinski definition) is 1. The molecule has 0 spiro atoms. The molecule has 0 radical (unpaired) electrons. The topological polar surface area (TPSA) is 30.9 Å². The minimum atomic E-state index is 0.109. The van der Waals surface area contributed by atoms with Crippen LogP contribution in [-0.4, -0.2) is 4.57 Å². The van der Waals surface area contributed by atoms with Crippen molar-refractivity contribution in [1.29, 1.82) is 0 Å². The first kappa shape index (κ1) is 15.1. The first-order chi connectivity index (χ1) is 9.78. The second-order valence-corrected chi connectivity index (χ2v) is 8.09. The van der Waals surface area contributed by atoms with Crippen molar-refractivity contribution in [2.24, 2.45) is 11.1 Å². The fraction of sp³-hybridized carbons (Fsp3) is 0.412. The summed E-state index contributed by atoms with van der Waals surface area (Å²) in [5.41, 5.74) is 11.4. The lowest BCUT2D eigenvalue weighted by Crippen LogP contribution is -2.30. The molecule has 1 heterocycles. The molecule has 2 N–H and O–H groups in total. The Labute approximate surface area is 139 Å². The molecular formula is C17H20BrClN2. The average molecular weight is 368 g/mol. The van der Waals surface area contributed by atoms with Crippen LogP contribution < -0.4 is 5.73 Å². The van der Waals surface area contributed by atoms with Crippen molar-refractivity contribution in [3.05, 3.63) is 50.7 Å². The van der Waals surface area contributed by atoms with Crippen molar-refractivity contribution >= 4 is 27.5 Å². The highest BCUT2D eigenvalue weighted by molar-refractivity contribution is 9.10. The number of hydrogen-bond donors (Lipinski definition) is 1. The number of halogens is 2. The van der Waals surface area contributed by atoms with Crippen molar-refractivity contribution in [2.75, 3.05) is 0 Å². The first-order valence-electron chi connectivity index (χ1n) is 7.21. The Kier molecular flexibility index (Phi) is 3.71. The zero-order valence-electron chi connectivity index (χ0n) is 12.6. The number of aryl methyl sites for hydroxylation is 1. The highest BCUT2D eigenvalue weighted by Gasteiger charge is 2.33. The summed E-state index contributed by atoms with van der Waals surface area (Å²) < 4.78 is 3.26. The lowest BCUT2D eigenvalue weighted by molar-refractivity contribution is 0.278. The van der Waals surface area contributed by atoms with Gasteiger partial charge in [-0.15, -0.1) is 0 Å². The molecular weight excluding hydrogens is 348 g/mol. The van der Waals surface area contributed by atoms with Gasteiger partial charge < -0.3 is 10.3 Å². The summed E-state index contributed by atoms with van der Waals surface area (Å²) in [6.07, 6.45) is 2.05. The van der Waals surface area contributed by atoms with Crippen molar-refractivity contribution < 1.29 is 0 Å². The molecule has 0 fully saturated rings. The van der Waals surface area contributed by atoms with Gasteiger partial charge in [0.15, 0.2) is 0 Å². The van der Waals surface area contributed by atoms with E-state index in [0.29, 0.717) is 0 Å². The molecule has 1 aromatic heterocycles. The van der Waals surface area contributed by atoms with E-state index in [0.717, 1.165) is 28.0 Å². The standard InChI is InChI=1S/C17H20BrClN2/c1-10-6-12-14(20)8-17(2,3)9-16(12)21(10)15-5-4-11(18)7-13(15)19/h4-7,14H,8-9,20H2,1-3H3. The molecule has 21 heavy (non-hydrogen) atoms. The van der Waals surface area contributed by atoms with Crippen LogP contribution in [0.4, 0.5) is 0 Å². The van der Waals surface area contributed by atoms with Gasteiger partial charge in [-0.1, -0.05) is 41.4 Å².